The van der Waals surface area contributed by atoms with Crippen molar-refractivity contribution in [2.45, 2.75) is 23.7 Å². The van der Waals surface area contributed by atoms with Crippen molar-refractivity contribution in [3.8, 4) is 0 Å². The summed E-state index contributed by atoms with van der Waals surface area (Å²) < 4.78 is 167. The van der Waals surface area contributed by atoms with Crippen LogP contribution in [-0.4, -0.2) is 35.2 Å². The van der Waals surface area contributed by atoms with E-state index in [0.29, 0.717) is 0 Å². The average molecular weight is 399 g/mol. The lowest BCUT2D eigenvalue weighted by atomic mass is 11.5. The normalized spacial score (nSPS) is 16.3. The second-order valence-corrected chi connectivity index (χ2v) is 9.36. The number of rotatable bonds is 2. The minimum absolute atomic E-state index is 1.05. The van der Waals surface area contributed by atoms with E-state index >= 15 is 0 Å². The summed E-state index contributed by atoms with van der Waals surface area (Å²) in [6.45, 7) is 0. The molecule has 0 N–H and O–H groups in total. The first-order valence-corrected chi connectivity index (χ1v) is 7.69. The van der Waals surface area contributed by atoms with Gasteiger partial charge in [0.2, 0.25) is 0 Å². The monoisotopic (exact) mass is 399 g/mol. The van der Waals surface area contributed by atoms with Crippen LogP contribution < -0.4 is 0 Å². The van der Waals surface area contributed by atoms with Gasteiger partial charge in [-0.1, -0.05) is 0 Å². The Bertz CT molecular complexity index is 430. The number of nitrogens with zero attached hydrogens (tertiary/aromatic N) is 1. The van der Waals surface area contributed by atoms with Gasteiger partial charge in [0, 0.05) is 7.05 Å². The van der Waals surface area contributed by atoms with Crippen LogP contribution in [0, 0.1) is 0 Å². The van der Waals surface area contributed by atoms with E-state index in [1.54, 1.807) is 0 Å². The lowest BCUT2D eigenvalue weighted by molar-refractivity contribution is -0.110. The molecule has 134 valence electrons. The van der Waals surface area contributed by atoms with Crippen molar-refractivity contribution in [3.63, 3.8) is 0 Å². The minimum Gasteiger partial charge on any atom is -0.286 e. The van der Waals surface area contributed by atoms with Crippen LogP contribution in [-0.2, 0) is 9.13 Å². The van der Waals surface area contributed by atoms with E-state index in [1.165, 1.54) is 0 Å². The fraction of sp³-hybridized carbons (Fsp3) is 1.00. The van der Waals surface area contributed by atoms with Crippen LogP contribution in [0.3, 0.4) is 0 Å². The van der Waals surface area contributed by atoms with Gasteiger partial charge in [0.15, 0.2) is 0 Å². The lowest BCUT2D eigenvalue weighted by Gasteiger charge is -2.37. The second kappa shape index (κ2) is 5.30. The van der Waals surface area contributed by atoms with Gasteiger partial charge >= 0.3 is 38.3 Å². The number of hydrogen-bond donors (Lipinski definition) is 0. The standard InChI is InChI=1S/C5H3F12NO2P2/c1-18(21(19,2(6,7)8)3(9,10)11)22(20,4(12,13)14)5(15,16)17/h1H3. The largest absolute Gasteiger partial charge is 0.463 e. The van der Waals surface area contributed by atoms with E-state index in [0.717, 1.165) is 0 Å². The van der Waals surface area contributed by atoms with E-state index in [4.69, 9.17) is 0 Å². The van der Waals surface area contributed by atoms with Gasteiger partial charge in [0.25, 0.3) is 0 Å². The summed E-state index contributed by atoms with van der Waals surface area (Å²) in [7, 11) is -17.8. The minimum atomic E-state index is -8.36. The molecule has 0 bridgehead atoms. The summed E-state index contributed by atoms with van der Waals surface area (Å²) in [6, 6.07) is 0. The third-order valence-corrected chi connectivity index (χ3v) is 8.08. The third-order valence-electron chi connectivity index (χ3n) is 2.19. The van der Waals surface area contributed by atoms with Crippen molar-refractivity contribution in [2.24, 2.45) is 0 Å². The summed E-state index contributed by atoms with van der Waals surface area (Å²) >= 11 is 0. The van der Waals surface area contributed by atoms with Gasteiger partial charge in [-0.3, -0.25) is 9.13 Å². The third kappa shape index (κ3) is 2.99. The van der Waals surface area contributed by atoms with E-state index in [1.807, 2.05) is 0 Å². The van der Waals surface area contributed by atoms with Gasteiger partial charge < -0.3 is 0 Å². The van der Waals surface area contributed by atoms with Crippen molar-refractivity contribution >= 4 is 14.6 Å². The topological polar surface area (TPSA) is 37.4 Å². The van der Waals surface area contributed by atoms with Crippen LogP contribution in [0.4, 0.5) is 52.7 Å². The first-order chi connectivity index (χ1) is 9.15. The van der Waals surface area contributed by atoms with Crippen LogP contribution in [0.2, 0.25) is 0 Å². The first-order valence-electron chi connectivity index (χ1n) is 4.37. The predicted octanol–water partition coefficient (Wildman–Crippen LogP) is 5.55. The predicted molar refractivity (Wildman–Crippen MR) is 47.2 cm³/mol. The van der Waals surface area contributed by atoms with Crippen molar-refractivity contribution in [3.05, 3.63) is 0 Å². The molecule has 0 unspecified atom stereocenters. The van der Waals surface area contributed by atoms with Crippen molar-refractivity contribution in [1.29, 1.82) is 0 Å². The number of halogens is 12. The molecule has 0 saturated carbocycles. The molecule has 0 rings (SSSR count). The van der Waals surface area contributed by atoms with Gasteiger partial charge in [-0.25, -0.2) is 0 Å². The molecule has 0 spiro atoms. The summed E-state index contributed by atoms with van der Waals surface area (Å²) in [5.41, 5.74) is 0. The molecule has 0 amide bonds. The van der Waals surface area contributed by atoms with Crippen LogP contribution in [0.5, 0.6) is 0 Å². The lowest BCUT2D eigenvalue weighted by Crippen LogP contribution is -2.39. The fourth-order valence-corrected chi connectivity index (χ4v) is 5.65. The SMILES string of the molecule is CN(P(=O)(C(F)(F)F)C(F)(F)F)P(=O)(C(F)(F)F)C(F)(F)F. The molecule has 17 heteroatoms. The molecule has 0 aliphatic rings. The maximum Gasteiger partial charge on any atom is 0.463 e. The molecule has 0 heterocycles. The molecular formula is C5H3F12NO2P2. The van der Waals surface area contributed by atoms with E-state index in [2.05, 4.69) is 0 Å². The molecule has 0 fully saturated rings. The highest BCUT2D eigenvalue weighted by atomic mass is 31.2. The van der Waals surface area contributed by atoms with Gasteiger partial charge in [0.1, 0.15) is 0 Å². The Morgan fingerprint density at radius 3 is 0.773 bits per heavy atom. The van der Waals surface area contributed by atoms with Gasteiger partial charge in [-0.05, 0) is 0 Å². The zero-order valence-electron chi connectivity index (χ0n) is 9.69. The maximum atomic E-state index is 12.3. The summed E-state index contributed by atoms with van der Waals surface area (Å²) in [6.07, 6.45) is 0. The maximum absolute atomic E-state index is 12.3. The molecule has 0 aliphatic carbocycles. The van der Waals surface area contributed by atoms with Crippen molar-refractivity contribution in [1.82, 2.24) is 4.44 Å². The summed E-state index contributed by atoms with van der Waals surface area (Å²) in [5.74, 6) is -28.3. The Balaban J connectivity index is 6.70. The van der Waals surface area contributed by atoms with Crippen LogP contribution >= 0.6 is 14.6 Å². The van der Waals surface area contributed by atoms with Crippen LogP contribution in [0.25, 0.3) is 0 Å². The van der Waals surface area contributed by atoms with E-state index in [9.17, 15) is 61.8 Å². The second-order valence-electron chi connectivity index (χ2n) is 3.51. The Hall–Kier alpha value is -0.420. The van der Waals surface area contributed by atoms with Crippen LogP contribution in [0.15, 0.2) is 0 Å². The Morgan fingerprint density at radius 1 is 0.545 bits per heavy atom. The Labute approximate surface area is 113 Å². The molecule has 0 saturated heterocycles. The molecule has 0 atom stereocenters. The van der Waals surface area contributed by atoms with Gasteiger partial charge in [0.05, 0.1) is 0 Å². The summed E-state index contributed by atoms with van der Waals surface area (Å²) in [4.78, 5) is 0. The van der Waals surface area contributed by atoms with Crippen molar-refractivity contribution in [2.75, 3.05) is 7.05 Å². The van der Waals surface area contributed by atoms with E-state index in [-0.39, 0.29) is 0 Å². The smallest absolute Gasteiger partial charge is 0.286 e. The Morgan fingerprint density at radius 2 is 0.682 bits per heavy atom. The van der Waals surface area contributed by atoms with Gasteiger partial charge in [-0.15, -0.1) is 0 Å². The first kappa shape index (κ1) is 21.6. The highest BCUT2D eigenvalue weighted by molar-refractivity contribution is 7.78. The molecule has 0 aliphatic heterocycles. The molecule has 22 heavy (non-hydrogen) atoms. The zero-order chi connectivity index (χ0) is 18.6. The zero-order valence-corrected chi connectivity index (χ0v) is 11.5. The van der Waals surface area contributed by atoms with E-state index < -0.39 is 49.7 Å². The molecule has 0 aromatic carbocycles. The fourth-order valence-electron chi connectivity index (χ4n) is 1.12. The molecule has 0 aromatic heterocycles. The molecule has 3 nitrogen and oxygen atoms in total. The number of hydrogen-bond acceptors (Lipinski definition) is 2. The quantitative estimate of drug-likeness (QED) is 0.451. The molecule has 0 aromatic rings. The van der Waals surface area contributed by atoms with Crippen molar-refractivity contribution < 1.29 is 61.8 Å². The number of alkyl halides is 12. The molecular weight excluding hydrogens is 396 g/mol. The van der Waals surface area contributed by atoms with Crippen LogP contribution in [0.1, 0.15) is 0 Å². The highest BCUT2D eigenvalue weighted by Gasteiger charge is 2.81. The summed E-state index contributed by atoms with van der Waals surface area (Å²) in [5, 5.41) is 0. The van der Waals surface area contributed by atoms with Gasteiger partial charge in [-0.2, -0.15) is 57.1 Å². The Kier molecular flexibility index (Phi) is 5.20. The average Bonchev–Trinajstić information content (AvgIpc) is 2.19. The highest BCUT2D eigenvalue weighted by Crippen LogP contribution is 2.85. The molecule has 0 radical (unpaired) electrons.